The van der Waals surface area contributed by atoms with E-state index < -0.39 is 35.4 Å². The summed E-state index contributed by atoms with van der Waals surface area (Å²) in [6, 6.07) is 9.19. The van der Waals surface area contributed by atoms with Crippen LogP contribution in [-0.2, 0) is 15.8 Å². The van der Waals surface area contributed by atoms with Crippen LogP contribution in [-0.4, -0.2) is 41.4 Å². The summed E-state index contributed by atoms with van der Waals surface area (Å²) in [7, 11) is 1.37. The summed E-state index contributed by atoms with van der Waals surface area (Å²) in [4.78, 5) is 34.1. The molecule has 1 fully saturated rings. The van der Waals surface area contributed by atoms with Crippen molar-refractivity contribution in [3.63, 3.8) is 0 Å². The van der Waals surface area contributed by atoms with Gasteiger partial charge in [0.05, 0.1) is 16.3 Å². The Labute approximate surface area is 196 Å². The summed E-state index contributed by atoms with van der Waals surface area (Å²) in [6.07, 6.45) is -4.99. The van der Waals surface area contributed by atoms with Gasteiger partial charge in [-0.1, -0.05) is 35.0 Å². The lowest BCUT2D eigenvalue weighted by Crippen LogP contribution is -2.55. The van der Waals surface area contributed by atoms with Crippen molar-refractivity contribution in [3.05, 3.63) is 53.2 Å². The van der Waals surface area contributed by atoms with Gasteiger partial charge in [0.1, 0.15) is 11.4 Å². The maximum absolute atomic E-state index is 12.8. The molecule has 1 aromatic carbocycles. The molecular weight excluding hydrogens is 479 g/mol. The summed E-state index contributed by atoms with van der Waals surface area (Å²) in [6.45, 7) is 1.67. The van der Waals surface area contributed by atoms with E-state index in [-0.39, 0.29) is 17.3 Å². The summed E-state index contributed by atoms with van der Waals surface area (Å²) in [5.74, 6) is -0.718. The van der Waals surface area contributed by atoms with E-state index in [2.05, 4.69) is 26.3 Å². The zero-order chi connectivity index (χ0) is 24.7. The fourth-order valence-electron chi connectivity index (χ4n) is 3.40. The van der Waals surface area contributed by atoms with Crippen molar-refractivity contribution in [2.75, 3.05) is 17.1 Å². The van der Waals surface area contributed by atoms with Crippen molar-refractivity contribution in [3.8, 4) is 0 Å². The highest BCUT2D eigenvalue weighted by atomic mass is 35.5. The minimum absolute atomic E-state index is 0.0419. The number of anilines is 2. The maximum Gasteiger partial charge on any atom is 0.417 e. The second kappa shape index (κ2) is 8.65. The third-order valence-corrected chi connectivity index (χ3v) is 5.47. The number of carbonyl (C=O) groups is 2. The molecule has 34 heavy (non-hydrogen) atoms. The number of nitrogens with zero attached hydrogens (tertiary/aromatic N) is 4. The van der Waals surface area contributed by atoms with Gasteiger partial charge >= 0.3 is 12.2 Å². The van der Waals surface area contributed by atoms with Crippen LogP contribution < -0.4 is 26.2 Å². The summed E-state index contributed by atoms with van der Waals surface area (Å²) < 4.78 is 38.4. The first-order valence-electron chi connectivity index (χ1n) is 9.93. The first kappa shape index (κ1) is 23.6. The van der Waals surface area contributed by atoms with Crippen LogP contribution in [0.15, 0.2) is 47.8 Å². The third kappa shape index (κ3) is 4.56. The molecule has 0 saturated carbocycles. The number of hydrogen-bond donors (Lipinski definition) is 3. The topological polar surface area (TPSA) is 111 Å². The number of amides is 3. The summed E-state index contributed by atoms with van der Waals surface area (Å²) in [5.41, 5.74) is 4.34. The standard InChI is InChI=1S/C20H19ClF3N7O3/c1-19(26-18(33)31(29-19)12-6-4-3-5-7-12)15-9-14(34-28-15)17(32)27-30(2)16-13(21)8-11(10-25-16)20(22,23)24/h3-8,10,14,29H,9H2,1-2H3,(H,26,33)(H,27,32)/t14-,19-/m1/s1. The van der Waals surface area contributed by atoms with Gasteiger partial charge in [0.25, 0.3) is 5.91 Å². The predicted molar refractivity (Wildman–Crippen MR) is 117 cm³/mol. The Balaban J connectivity index is 1.39. The normalized spacial score (nSPS) is 22.2. The Hall–Kier alpha value is -3.58. The lowest BCUT2D eigenvalue weighted by Gasteiger charge is -2.24. The molecule has 2 aromatic rings. The highest BCUT2D eigenvalue weighted by Gasteiger charge is 2.47. The average Bonchev–Trinajstić information content (AvgIpc) is 3.39. The van der Waals surface area contributed by atoms with Crippen molar-refractivity contribution in [1.29, 1.82) is 0 Å². The molecule has 3 heterocycles. The number of nitrogens with one attached hydrogen (secondary N) is 3. The van der Waals surface area contributed by atoms with Gasteiger partial charge in [0, 0.05) is 19.7 Å². The number of aromatic nitrogens is 1. The van der Waals surface area contributed by atoms with Gasteiger partial charge in [-0.3, -0.25) is 15.2 Å². The monoisotopic (exact) mass is 497 g/mol. The number of alkyl halides is 3. The average molecular weight is 498 g/mol. The molecule has 10 nitrogen and oxygen atoms in total. The van der Waals surface area contributed by atoms with Crippen LogP contribution in [0.1, 0.15) is 18.9 Å². The van der Waals surface area contributed by atoms with E-state index in [1.807, 2.05) is 6.07 Å². The lowest BCUT2D eigenvalue weighted by atomic mass is 10.0. The number of oxime groups is 1. The fraction of sp³-hybridized carbons (Fsp3) is 0.300. The maximum atomic E-state index is 12.8. The van der Waals surface area contributed by atoms with E-state index in [9.17, 15) is 22.8 Å². The smallest absolute Gasteiger partial charge is 0.382 e. The number of hydrazine groups is 2. The number of benzene rings is 1. The van der Waals surface area contributed by atoms with Crippen molar-refractivity contribution < 1.29 is 27.6 Å². The molecule has 0 unspecified atom stereocenters. The molecular formula is C20H19ClF3N7O3. The van der Waals surface area contributed by atoms with E-state index in [0.29, 0.717) is 23.7 Å². The molecule has 2 aliphatic heterocycles. The molecule has 0 spiro atoms. The van der Waals surface area contributed by atoms with Crippen LogP contribution in [0.25, 0.3) is 0 Å². The van der Waals surface area contributed by atoms with Gasteiger partial charge in [0.15, 0.2) is 5.82 Å². The summed E-state index contributed by atoms with van der Waals surface area (Å²) >= 11 is 5.92. The number of carbonyl (C=O) groups excluding carboxylic acids is 2. The Kier molecular flexibility index (Phi) is 6.00. The number of urea groups is 1. The zero-order valence-electron chi connectivity index (χ0n) is 17.9. The van der Waals surface area contributed by atoms with E-state index in [4.69, 9.17) is 16.4 Å². The second-order valence-electron chi connectivity index (χ2n) is 7.74. The van der Waals surface area contributed by atoms with Crippen molar-refractivity contribution >= 4 is 40.8 Å². The van der Waals surface area contributed by atoms with E-state index in [1.165, 1.54) is 12.1 Å². The van der Waals surface area contributed by atoms with Crippen LogP contribution >= 0.6 is 11.6 Å². The van der Waals surface area contributed by atoms with Crippen molar-refractivity contribution in [2.24, 2.45) is 5.16 Å². The minimum atomic E-state index is -4.60. The van der Waals surface area contributed by atoms with Crippen LogP contribution in [0, 0.1) is 0 Å². The highest BCUT2D eigenvalue weighted by Crippen LogP contribution is 2.33. The third-order valence-electron chi connectivity index (χ3n) is 5.19. The molecule has 2 aliphatic rings. The molecule has 0 radical (unpaired) electrons. The molecule has 1 saturated heterocycles. The number of pyridine rings is 1. The molecule has 1 aromatic heterocycles. The first-order chi connectivity index (χ1) is 16.0. The molecule has 3 N–H and O–H groups in total. The molecule has 3 amide bonds. The molecule has 180 valence electrons. The van der Waals surface area contributed by atoms with Crippen LogP contribution in [0.5, 0.6) is 0 Å². The molecule has 0 aliphatic carbocycles. The molecule has 0 bridgehead atoms. The quantitative estimate of drug-likeness (QED) is 0.548. The number of halogens is 4. The van der Waals surface area contributed by atoms with Crippen LogP contribution in [0.3, 0.4) is 0 Å². The van der Waals surface area contributed by atoms with Gasteiger partial charge in [-0.25, -0.2) is 14.8 Å². The van der Waals surface area contributed by atoms with Gasteiger partial charge in [-0.15, -0.1) is 0 Å². The number of rotatable bonds is 5. The van der Waals surface area contributed by atoms with E-state index >= 15 is 0 Å². The van der Waals surface area contributed by atoms with Crippen LogP contribution in [0.2, 0.25) is 5.02 Å². The highest BCUT2D eigenvalue weighted by molar-refractivity contribution is 6.33. The fourth-order valence-corrected chi connectivity index (χ4v) is 3.70. The van der Waals surface area contributed by atoms with Gasteiger partial charge in [-0.05, 0) is 25.1 Å². The van der Waals surface area contributed by atoms with E-state index in [0.717, 1.165) is 5.01 Å². The van der Waals surface area contributed by atoms with Crippen LogP contribution in [0.4, 0.5) is 29.5 Å². The van der Waals surface area contributed by atoms with Gasteiger partial charge in [0.2, 0.25) is 6.10 Å². The Morgan fingerprint density at radius 3 is 2.71 bits per heavy atom. The second-order valence-corrected chi connectivity index (χ2v) is 8.14. The van der Waals surface area contributed by atoms with Crippen molar-refractivity contribution in [2.45, 2.75) is 31.3 Å². The molecule has 4 rings (SSSR count). The van der Waals surface area contributed by atoms with Crippen molar-refractivity contribution in [1.82, 2.24) is 21.2 Å². The number of hydrogen-bond acceptors (Lipinski definition) is 7. The SMILES string of the molecule is CN(NC(=O)[C@H]1CC([C@]2(C)NC(=O)N(c3ccccc3)N2)=NO1)c1ncc(C(F)(F)F)cc1Cl. The molecule has 14 heteroatoms. The largest absolute Gasteiger partial charge is 0.417 e. The minimum Gasteiger partial charge on any atom is -0.382 e. The van der Waals surface area contributed by atoms with Gasteiger partial charge in [-0.2, -0.15) is 18.6 Å². The summed E-state index contributed by atoms with van der Waals surface area (Å²) in [5, 5.41) is 8.84. The lowest BCUT2D eigenvalue weighted by molar-refractivity contribution is -0.138. The van der Waals surface area contributed by atoms with E-state index in [1.54, 1.807) is 31.2 Å². The molecule has 2 atom stereocenters. The first-order valence-corrected chi connectivity index (χ1v) is 10.3. The zero-order valence-corrected chi connectivity index (χ0v) is 18.6. The number of para-hydroxylation sites is 1. The Bertz CT molecular complexity index is 1150. The predicted octanol–water partition coefficient (Wildman–Crippen LogP) is 2.82. The van der Waals surface area contributed by atoms with Gasteiger partial charge < -0.3 is 10.2 Å². The Morgan fingerprint density at radius 1 is 1.35 bits per heavy atom. The Morgan fingerprint density at radius 2 is 2.06 bits per heavy atom.